The van der Waals surface area contributed by atoms with Crippen LogP contribution in [0.4, 0.5) is 18.0 Å². The van der Waals surface area contributed by atoms with Gasteiger partial charge in [0.25, 0.3) is 0 Å². The number of nitrogens with zero attached hydrogens (tertiary/aromatic N) is 2. The molecule has 0 aliphatic carbocycles. The maximum Gasteiger partial charge on any atom is 0.457 e. The second-order valence-electron chi connectivity index (χ2n) is 6.30. The molecule has 0 aliphatic heterocycles. The van der Waals surface area contributed by atoms with Crippen molar-refractivity contribution < 1.29 is 27.3 Å². The Bertz CT molecular complexity index is 736. The average Bonchev–Trinajstić information content (AvgIpc) is 3.08. The zero-order chi connectivity index (χ0) is 20.4. The smallest absolute Gasteiger partial charge is 0.445 e. The highest BCUT2D eigenvalue weighted by molar-refractivity contribution is 9.09. The molecule has 9 heteroatoms. The molecule has 1 aromatic carbocycles. The van der Waals surface area contributed by atoms with Gasteiger partial charge in [-0.15, -0.1) is 0 Å². The molecule has 1 heterocycles. The first-order valence-corrected chi connectivity index (χ1v) is 10.2. The van der Waals surface area contributed by atoms with Crippen LogP contribution in [0.25, 0.3) is 0 Å². The van der Waals surface area contributed by atoms with E-state index in [0.29, 0.717) is 32.5 Å². The number of amides is 1. The number of hydrogen-bond donors (Lipinski definition) is 1. The normalized spacial score (nSPS) is 11.4. The topological polar surface area (TPSA) is 47.1 Å². The number of nitrogens with one attached hydrogen (secondary N) is 1. The van der Waals surface area contributed by atoms with Crippen LogP contribution in [0.3, 0.4) is 0 Å². The first-order chi connectivity index (χ1) is 13.4. The largest absolute Gasteiger partial charge is 0.457 e. The zero-order valence-corrected chi connectivity index (χ0v) is 17.0. The first-order valence-electron chi connectivity index (χ1n) is 9.07. The van der Waals surface area contributed by atoms with Gasteiger partial charge in [-0.25, -0.2) is 13.9 Å². The summed E-state index contributed by atoms with van der Waals surface area (Å²) in [5.41, 5.74) is 0.228. The van der Waals surface area contributed by atoms with Crippen molar-refractivity contribution in [1.82, 2.24) is 9.88 Å². The Balaban J connectivity index is 1.76. The molecular weight excluding hydrogens is 439 g/mol. The van der Waals surface area contributed by atoms with Crippen LogP contribution in [0, 0.1) is 0 Å². The number of hydrogen-bond acceptors (Lipinski definition) is 2. The summed E-state index contributed by atoms with van der Waals surface area (Å²) in [6.45, 7) is 1.18. The molecule has 28 heavy (non-hydrogen) atoms. The standard InChI is InChI=1S/C19H23BrF3N3O2/c20-9-4-5-12-26-15-25(13-17(26)19(21,22)23)11-6-10-24-18(27)28-14-16-7-2-1-3-8-16/h1-3,7-8,13,15H,4-6,9-12,14H2/p+1. The molecule has 0 radical (unpaired) electrons. The fourth-order valence-corrected chi connectivity index (χ4v) is 3.04. The number of carbonyl (C=O) groups excluding carboxylic acids is 1. The van der Waals surface area contributed by atoms with E-state index in [2.05, 4.69) is 21.2 Å². The molecule has 5 nitrogen and oxygen atoms in total. The average molecular weight is 463 g/mol. The minimum atomic E-state index is -4.39. The summed E-state index contributed by atoms with van der Waals surface area (Å²) in [6.07, 6.45) is -0.376. The third-order valence-corrected chi connectivity index (χ3v) is 4.59. The van der Waals surface area contributed by atoms with Crippen molar-refractivity contribution in [3.63, 3.8) is 0 Å². The van der Waals surface area contributed by atoms with Crippen LogP contribution in [0.5, 0.6) is 0 Å². The van der Waals surface area contributed by atoms with Gasteiger partial charge in [0.1, 0.15) is 12.8 Å². The second kappa shape index (κ2) is 11.1. The number of imidazole rings is 1. The van der Waals surface area contributed by atoms with E-state index in [1.807, 2.05) is 30.3 Å². The van der Waals surface area contributed by atoms with Gasteiger partial charge in [0, 0.05) is 18.3 Å². The minimum absolute atomic E-state index is 0.174. The van der Waals surface area contributed by atoms with Crippen LogP contribution >= 0.6 is 15.9 Å². The summed E-state index contributed by atoms with van der Waals surface area (Å²) in [4.78, 5) is 11.7. The zero-order valence-electron chi connectivity index (χ0n) is 15.4. The molecular formula is C19H24BrF3N3O2+. The van der Waals surface area contributed by atoms with Crippen molar-refractivity contribution in [2.45, 2.75) is 45.1 Å². The van der Waals surface area contributed by atoms with E-state index in [9.17, 15) is 18.0 Å². The van der Waals surface area contributed by atoms with Crippen molar-refractivity contribution in [3.05, 3.63) is 54.1 Å². The number of ether oxygens (including phenoxy) is 1. The third kappa shape index (κ3) is 7.53. The Kier molecular flexibility index (Phi) is 8.82. The molecule has 2 rings (SSSR count). The maximum absolute atomic E-state index is 13.2. The summed E-state index contributed by atoms with van der Waals surface area (Å²) in [5.74, 6) is 0. The molecule has 2 aromatic rings. The van der Waals surface area contributed by atoms with Crippen molar-refractivity contribution in [1.29, 1.82) is 0 Å². The van der Waals surface area contributed by atoms with Gasteiger partial charge in [-0.05, 0) is 18.4 Å². The number of alkyl halides is 4. The third-order valence-electron chi connectivity index (χ3n) is 4.03. The number of aryl methyl sites for hydroxylation is 2. The highest BCUT2D eigenvalue weighted by atomic mass is 79.9. The van der Waals surface area contributed by atoms with Crippen LogP contribution in [0.2, 0.25) is 0 Å². The van der Waals surface area contributed by atoms with E-state index in [1.54, 1.807) is 0 Å². The lowest BCUT2D eigenvalue weighted by Gasteiger charge is -2.06. The van der Waals surface area contributed by atoms with Crippen molar-refractivity contribution in [2.75, 3.05) is 11.9 Å². The van der Waals surface area contributed by atoms with E-state index in [0.717, 1.165) is 23.5 Å². The predicted molar refractivity (Wildman–Crippen MR) is 102 cm³/mol. The quantitative estimate of drug-likeness (QED) is 0.325. The van der Waals surface area contributed by atoms with Crippen LogP contribution < -0.4 is 9.88 Å². The van der Waals surface area contributed by atoms with Gasteiger partial charge in [0.15, 0.2) is 0 Å². The highest BCUT2D eigenvalue weighted by Gasteiger charge is 2.40. The fraction of sp³-hybridized carbons (Fsp3) is 0.474. The number of aromatic nitrogens is 2. The molecule has 0 spiro atoms. The molecule has 154 valence electrons. The number of alkyl carbamates (subject to hydrolysis) is 1. The lowest BCUT2D eigenvalue weighted by atomic mass is 10.2. The van der Waals surface area contributed by atoms with Crippen molar-refractivity contribution in [3.8, 4) is 0 Å². The number of carbonyl (C=O) groups is 1. The Morgan fingerprint density at radius 1 is 1.18 bits per heavy atom. The van der Waals surface area contributed by atoms with Crippen LogP contribution in [-0.4, -0.2) is 22.5 Å². The van der Waals surface area contributed by atoms with E-state index in [4.69, 9.17) is 4.74 Å². The summed E-state index contributed by atoms with van der Waals surface area (Å²) >= 11 is 3.28. The predicted octanol–water partition coefficient (Wildman–Crippen LogP) is 4.29. The summed E-state index contributed by atoms with van der Waals surface area (Å²) in [6, 6.07) is 9.29. The van der Waals surface area contributed by atoms with Gasteiger partial charge in [-0.3, -0.25) is 0 Å². The Morgan fingerprint density at radius 3 is 2.61 bits per heavy atom. The lowest BCUT2D eigenvalue weighted by molar-refractivity contribution is -0.697. The molecule has 0 atom stereocenters. The van der Waals surface area contributed by atoms with E-state index in [-0.39, 0.29) is 6.61 Å². The number of unbranched alkanes of at least 4 members (excludes halogenated alkanes) is 1. The van der Waals surface area contributed by atoms with Gasteiger partial charge >= 0.3 is 12.3 Å². The molecule has 0 saturated carbocycles. The van der Waals surface area contributed by atoms with E-state index < -0.39 is 18.0 Å². The highest BCUT2D eigenvalue weighted by Crippen LogP contribution is 2.28. The molecule has 0 unspecified atom stereocenters. The molecule has 0 fully saturated rings. The van der Waals surface area contributed by atoms with Crippen LogP contribution in [0.15, 0.2) is 42.9 Å². The molecule has 1 amide bonds. The summed E-state index contributed by atoms with van der Waals surface area (Å²) in [5, 5.41) is 3.37. The number of halogens is 4. The van der Waals surface area contributed by atoms with E-state index >= 15 is 0 Å². The SMILES string of the molecule is O=C(NCCC[n+]1cc(C(F)(F)F)n(CCCCBr)c1)OCc1ccccc1. The van der Waals surface area contributed by atoms with Crippen LogP contribution in [-0.2, 0) is 30.6 Å². The molecule has 0 saturated heterocycles. The molecule has 1 aromatic heterocycles. The Labute approximate surface area is 170 Å². The van der Waals surface area contributed by atoms with Crippen molar-refractivity contribution >= 4 is 22.0 Å². The fourth-order valence-electron chi connectivity index (χ4n) is 2.65. The molecule has 0 aliphatic rings. The Hall–Kier alpha value is -2.03. The van der Waals surface area contributed by atoms with Gasteiger partial charge in [-0.2, -0.15) is 13.2 Å². The minimum Gasteiger partial charge on any atom is -0.445 e. The lowest BCUT2D eigenvalue weighted by Crippen LogP contribution is -2.34. The molecule has 0 bridgehead atoms. The maximum atomic E-state index is 13.2. The monoisotopic (exact) mass is 462 g/mol. The second-order valence-corrected chi connectivity index (χ2v) is 7.09. The summed E-state index contributed by atoms with van der Waals surface area (Å²) in [7, 11) is 0. The summed E-state index contributed by atoms with van der Waals surface area (Å²) < 4.78 is 47.4. The van der Waals surface area contributed by atoms with Gasteiger partial charge < -0.3 is 10.1 Å². The molecule has 1 N–H and O–H groups in total. The number of rotatable bonds is 10. The van der Waals surface area contributed by atoms with Gasteiger partial charge in [0.2, 0.25) is 12.0 Å². The number of benzene rings is 1. The van der Waals surface area contributed by atoms with Gasteiger partial charge in [0.05, 0.1) is 13.1 Å². The van der Waals surface area contributed by atoms with E-state index in [1.165, 1.54) is 15.5 Å². The van der Waals surface area contributed by atoms with Crippen LogP contribution in [0.1, 0.15) is 30.5 Å². The van der Waals surface area contributed by atoms with Crippen molar-refractivity contribution in [2.24, 2.45) is 0 Å². The first kappa shape index (κ1) is 22.3. The van der Waals surface area contributed by atoms with Gasteiger partial charge in [-0.1, -0.05) is 46.3 Å². The Morgan fingerprint density at radius 2 is 1.93 bits per heavy atom.